The van der Waals surface area contributed by atoms with Gasteiger partial charge in [0.1, 0.15) is 12.3 Å². The zero-order chi connectivity index (χ0) is 24.2. The Morgan fingerprint density at radius 2 is 1.91 bits per heavy atom. The number of anilines is 1. The van der Waals surface area contributed by atoms with Crippen LogP contribution in [0.15, 0.2) is 54.4 Å². The summed E-state index contributed by atoms with van der Waals surface area (Å²) in [6.45, 7) is 2.17. The summed E-state index contributed by atoms with van der Waals surface area (Å²) in [4.78, 5) is 14.4. The molecule has 176 valence electrons. The first-order valence-corrected chi connectivity index (χ1v) is 9.76. The molecule has 0 radical (unpaired) electrons. The first-order chi connectivity index (χ1) is 15.3. The number of allylic oxidation sites excluding steroid dienone is 2. The predicted molar refractivity (Wildman–Crippen MR) is 106 cm³/mol. The zero-order valence-corrected chi connectivity index (χ0v) is 17.3. The molecule has 1 aromatic heterocycles. The number of rotatable bonds is 4. The molecule has 6 nitrogen and oxygen atoms in total. The molecule has 0 bridgehead atoms. The molecule has 12 heteroatoms. The Balaban J connectivity index is 1.60. The number of carbonyl (C=O) groups excluding carboxylic acids is 1. The van der Waals surface area contributed by atoms with E-state index in [4.69, 9.17) is 0 Å². The maximum atomic E-state index is 13.1. The van der Waals surface area contributed by atoms with Gasteiger partial charge in [0.05, 0.1) is 23.5 Å². The number of dihydropyridines is 1. The van der Waals surface area contributed by atoms with E-state index in [9.17, 15) is 31.1 Å². The van der Waals surface area contributed by atoms with Crippen LogP contribution < -0.4 is 15.0 Å². The summed E-state index contributed by atoms with van der Waals surface area (Å²) in [6, 6.07) is 4.84. The second-order valence-corrected chi connectivity index (χ2v) is 7.93. The topological polar surface area (TPSA) is 59.4 Å². The summed E-state index contributed by atoms with van der Waals surface area (Å²) in [5, 5.41) is 6.91. The van der Waals surface area contributed by atoms with E-state index in [0.29, 0.717) is 21.5 Å². The van der Waals surface area contributed by atoms with E-state index < -0.39 is 42.3 Å². The van der Waals surface area contributed by atoms with Gasteiger partial charge < -0.3 is 15.0 Å². The Bertz CT molecular complexity index is 1150. The molecule has 4 rings (SSSR count). The van der Waals surface area contributed by atoms with Gasteiger partial charge in [-0.25, -0.2) is 0 Å². The Morgan fingerprint density at radius 3 is 2.58 bits per heavy atom. The molecule has 0 aliphatic carbocycles. The molecular formula is C21H18F6N4O2. The Morgan fingerprint density at radius 1 is 1.18 bits per heavy atom. The second-order valence-electron chi connectivity index (χ2n) is 7.93. The number of alkyl halides is 6. The van der Waals surface area contributed by atoms with Crippen LogP contribution in [0.1, 0.15) is 19.4 Å². The number of fused-ring (bicyclic) bond motifs is 1. The molecule has 2 aromatic rings. The number of carbonyl (C=O) groups is 1. The van der Waals surface area contributed by atoms with E-state index in [-0.39, 0.29) is 5.69 Å². The van der Waals surface area contributed by atoms with Gasteiger partial charge >= 0.3 is 12.5 Å². The lowest BCUT2D eigenvalue weighted by atomic mass is 9.85. The van der Waals surface area contributed by atoms with E-state index in [0.717, 1.165) is 6.20 Å². The molecule has 1 N–H and O–H groups in total. The van der Waals surface area contributed by atoms with Gasteiger partial charge in [-0.3, -0.25) is 9.48 Å². The fourth-order valence-electron chi connectivity index (χ4n) is 4.03. The van der Waals surface area contributed by atoms with Crippen molar-refractivity contribution in [3.63, 3.8) is 0 Å². The molecule has 3 heterocycles. The molecule has 2 atom stereocenters. The average Bonchev–Trinajstić information content (AvgIpc) is 3.19. The van der Waals surface area contributed by atoms with Crippen LogP contribution in [-0.2, 0) is 11.3 Å². The normalized spacial score (nSPS) is 23.1. The molecule has 0 spiro atoms. The monoisotopic (exact) mass is 472 g/mol. The largest absolute Gasteiger partial charge is 0.573 e. The quantitative estimate of drug-likeness (QED) is 0.670. The highest BCUT2D eigenvalue weighted by Gasteiger charge is 2.52. The summed E-state index contributed by atoms with van der Waals surface area (Å²) < 4.78 is 80.4. The van der Waals surface area contributed by atoms with Crippen molar-refractivity contribution in [3.05, 3.63) is 59.9 Å². The minimum Gasteiger partial charge on any atom is -0.406 e. The number of aromatic nitrogens is 2. The van der Waals surface area contributed by atoms with Crippen molar-refractivity contribution >= 4 is 17.3 Å². The molecule has 1 saturated heterocycles. The molecule has 1 amide bonds. The SMILES string of the molecule is CC1N(c2cnn(CC(F)(F)F)c2)C(=O)C2=CC=C(c3cccc(OC(F)(F)F)c3)NC21C. The number of ether oxygens (including phenoxy) is 1. The highest BCUT2D eigenvalue weighted by atomic mass is 19.4. The van der Waals surface area contributed by atoms with E-state index in [2.05, 4.69) is 15.2 Å². The number of hydrogen-bond donors (Lipinski definition) is 1. The third kappa shape index (κ3) is 4.41. The zero-order valence-electron chi connectivity index (χ0n) is 17.3. The van der Waals surface area contributed by atoms with Crippen molar-refractivity contribution in [2.75, 3.05) is 4.90 Å². The van der Waals surface area contributed by atoms with E-state index in [1.165, 1.54) is 29.3 Å². The molecule has 33 heavy (non-hydrogen) atoms. The maximum Gasteiger partial charge on any atom is 0.573 e. The molecule has 2 aliphatic heterocycles. The van der Waals surface area contributed by atoms with Crippen LogP contribution in [0.25, 0.3) is 5.70 Å². The summed E-state index contributed by atoms with van der Waals surface area (Å²) >= 11 is 0. The molecule has 0 saturated carbocycles. The van der Waals surface area contributed by atoms with E-state index in [1.54, 1.807) is 32.1 Å². The summed E-state index contributed by atoms with van der Waals surface area (Å²) in [5.74, 6) is -0.801. The maximum absolute atomic E-state index is 13.1. The van der Waals surface area contributed by atoms with Crippen LogP contribution in [0, 0.1) is 0 Å². The number of hydrogen-bond acceptors (Lipinski definition) is 4. The fraction of sp³-hybridized carbons (Fsp3) is 0.333. The number of halogens is 6. The van der Waals surface area contributed by atoms with Gasteiger partial charge in [0.25, 0.3) is 5.91 Å². The van der Waals surface area contributed by atoms with Crippen molar-refractivity contribution in [2.45, 2.75) is 44.5 Å². The fourth-order valence-corrected chi connectivity index (χ4v) is 4.03. The highest BCUT2D eigenvalue weighted by Crippen LogP contribution is 2.41. The van der Waals surface area contributed by atoms with Crippen molar-refractivity contribution in [3.8, 4) is 5.75 Å². The smallest absolute Gasteiger partial charge is 0.406 e. The Hall–Kier alpha value is -3.44. The highest BCUT2D eigenvalue weighted by molar-refractivity contribution is 6.12. The first kappa shape index (κ1) is 22.7. The molecule has 1 fully saturated rings. The first-order valence-electron chi connectivity index (χ1n) is 9.76. The van der Waals surface area contributed by atoms with Gasteiger partial charge in [-0.15, -0.1) is 13.2 Å². The lowest BCUT2D eigenvalue weighted by Crippen LogP contribution is -2.52. The van der Waals surface area contributed by atoms with Gasteiger partial charge in [0.2, 0.25) is 0 Å². The van der Waals surface area contributed by atoms with Crippen LogP contribution >= 0.6 is 0 Å². The Labute approximate surface area is 184 Å². The number of nitrogens with zero attached hydrogens (tertiary/aromatic N) is 3. The average molecular weight is 472 g/mol. The van der Waals surface area contributed by atoms with E-state index >= 15 is 0 Å². The Kier molecular flexibility index (Phi) is 5.21. The van der Waals surface area contributed by atoms with Crippen LogP contribution in [0.5, 0.6) is 5.75 Å². The van der Waals surface area contributed by atoms with Crippen molar-refractivity contribution < 1.29 is 35.9 Å². The van der Waals surface area contributed by atoms with E-state index in [1.807, 2.05) is 0 Å². The standard InChI is InChI=1S/C21H18F6N4O2/c1-12-19(2)16(18(32)31(12)14-9-28-30(10-14)11-20(22,23)24)6-7-17(29-19)13-4-3-5-15(8-13)33-21(25,26)27/h3-10,12,29H,11H2,1-2H3. The van der Waals surface area contributed by atoms with Gasteiger partial charge in [-0.2, -0.15) is 18.3 Å². The lowest BCUT2D eigenvalue weighted by Gasteiger charge is -2.36. The number of amides is 1. The minimum absolute atomic E-state index is 0.206. The van der Waals surface area contributed by atoms with Gasteiger partial charge in [0, 0.05) is 23.0 Å². The molecule has 1 aromatic carbocycles. The van der Waals surface area contributed by atoms with Gasteiger partial charge in [0.15, 0.2) is 0 Å². The summed E-state index contributed by atoms with van der Waals surface area (Å²) in [7, 11) is 0. The number of benzene rings is 1. The van der Waals surface area contributed by atoms with Crippen molar-refractivity contribution in [1.82, 2.24) is 15.1 Å². The molecule has 2 unspecified atom stereocenters. The van der Waals surface area contributed by atoms with Crippen molar-refractivity contribution in [2.24, 2.45) is 0 Å². The lowest BCUT2D eigenvalue weighted by molar-refractivity contribution is -0.274. The van der Waals surface area contributed by atoms with Crippen LogP contribution in [0.2, 0.25) is 0 Å². The van der Waals surface area contributed by atoms with Crippen molar-refractivity contribution in [1.29, 1.82) is 0 Å². The second kappa shape index (κ2) is 7.56. The third-order valence-electron chi connectivity index (χ3n) is 5.66. The number of nitrogens with one attached hydrogen (secondary N) is 1. The summed E-state index contributed by atoms with van der Waals surface area (Å²) in [6.07, 6.45) is -3.84. The predicted octanol–water partition coefficient (Wildman–Crippen LogP) is 4.41. The minimum atomic E-state index is -4.84. The van der Waals surface area contributed by atoms with Crippen LogP contribution in [0.4, 0.5) is 32.0 Å². The third-order valence-corrected chi connectivity index (χ3v) is 5.66. The van der Waals surface area contributed by atoms with Crippen LogP contribution in [0.3, 0.4) is 0 Å². The van der Waals surface area contributed by atoms with Gasteiger partial charge in [-0.05, 0) is 38.1 Å². The molecule has 2 aliphatic rings. The van der Waals surface area contributed by atoms with Gasteiger partial charge in [-0.1, -0.05) is 12.1 Å². The van der Waals surface area contributed by atoms with Crippen LogP contribution in [-0.4, -0.2) is 39.8 Å². The summed E-state index contributed by atoms with van der Waals surface area (Å²) in [5.41, 5.74) is 0.475. The molecular weight excluding hydrogens is 454 g/mol.